The predicted octanol–water partition coefficient (Wildman–Crippen LogP) is 5.31. The van der Waals surface area contributed by atoms with E-state index in [-0.39, 0.29) is 11.8 Å². The van der Waals surface area contributed by atoms with Gasteiger partial charge in [-0.1, -0.05) is 17.7 Å². The highest BCUT2D eigenvalue weighted by atomic mass is 35.5. The molecule has 4 rings (SSSR count). The smallest absolute Gasteiger partial charge is 0.385 e. The number of rotatable bonds is 6. The third-order valence-electron chi connectivity index (χ3n) is 6.52. The zero-order chi connectivity index (χ0) is 23.8. The average Bonchev–Trinajstić information content (AvgIpc) is 3.31. The molecule has 2 aromatic rings. The van der Waals surface area contributed by atoms with Gasteiger partial charge in [0, 0.05) is 43.4 Å². The van der Waals surface area contributed by atoms with Gasteiger partial charge in [0.05, 0.1) is 11.1 Å². The van der Waals surface area contributed by atoms with Gasteiger partial charge in [-0.3, -0.25) is 4.79 Å². The van der Waals surface area contributed by atoms with Gasteiger partial charge in [0.25, 0.3) is 5.91 Å². The van der Waals surface area contributed by atoms with Crippen molar-refractivity contribution in [3.63, 3.8) is 0 Å². The maximum atomic E-state index is 13.4. The number of alkyl halides is 3. The minimum atomic E-state index is -4.78. The molecule has 1 N–H and O–H groups in total. The predicted molar refractivity (Wildman–Crippen MR) is 120 cm³/mol. The van der Waals surface area contributed by atoms with E-state index >= 15 is 0 Å². The molecule has 2 fully saturated rings. The molecule has 2 atom stereocenters. The summed E-state index contributed by atoms with van der Waals surface area (Å²) < 4.78 is 53.3. The minimum absolute atomic E-state index is 0.243. The van der Waals surface area contributed by atoms with Crippen LogP contribution in [0.25, 0.3) is 0 Å². The Morgan fingerprint density at radius 2 is 1.79 bits per heavy atom. The second-order valence-electron chi connectivity index (χ2n) is 8.92. The Kier molecular flexibility index (Phi) is 6.86. The number of nitrogens with zero attached hydrogens (tertiary/aromatic N) is 2. The van der Waals surface area contributed by atoms with Crippen LogP contribution in [-0.4, -0.2) is 55.0 Å². The third-order valence-corrected chi connectivity index (χ3v) is 6.93. The fraction of sp³-hybridized carbons (Fsp3) is 0.458. The molecule has 2 aromatic carbocycles. The molecule has 9 heteroatoms. The van der Waals surface area contributed by atoms with Crippen LogP contribution >= 0.6 is 11.6 Å². The van der Waals surface area contributed by atoms with E-state index in [1.54, 1.807) is 0 Å². The van der Waals surface area contributed by atoms with E-state index in [0.29, 0.717) is 19.2 Å². The molecule has 0 bridgehead atoms. The van der Waals surface area contributed by atoms with Gasteiger partial charge >= 0.3 is 6.18 Å². The fourth-order valence-corrected chi connectivity index (χ4v) is 4.97. The average molecular weight is 484 g/mol. The molecule has 0 aromatic heterocycles. The fourth-order valence-electron chi connectivity index (χ4n) is 4.78. The second kappa shape index (κ2) is 9.50. The van der Waals surface area contributed by atoms with Gasteiger partial charge in [-0.15, -0.1) is 0 Å². The molecule has 2 unspecified atom stereocenters. The summed E-state index contributed by atoms with van der Waals surface area (Å²) in [5, 5.41) is 4.10. The van der Waals surface area contributed by atoms with Gasteiger partial charge in [0.15, 0.2) is 0 Å². The molecule has 4 nitrogen and oxygen atoms in total. The first-order valence-electron chi connectivity index (χ1n) is 11.0. The van der Waals surface area contributed by atoms with Gasteiger partial charge in [-0.2, -0.15) is 13.2 Å². The highest BCUT2D eigenvalue weighted by Crippen LogP contribution is 2.36. The van der Waals surface area contributed by atoms with Crippen molar-refractivity contribution < 1.29 is 22.4 Å². The number of likely N-dealkylation sites (tertiary alicyclic amines) is 2. The van der Waals surface area contributed by atoms with Crippen molar-refractivity contribution in [2.45, 2.75) is 19.5 Å². The van der Waals surface area contributed by atoms with E-state index in [4.69, 9.17) is 11.6 Å². The number of nitrogens with one attached hydrogen (secondary N) is 1. The lowest BCUT2D eigenvalue weighted by Crippen LogP contribution is -2.34. The Balaban J connectivity index is 1.27. The number of aryl methyl sites for hydroxylation is 1. The molecular weight excluding hydrogens is 458 g/mol. The van der Waals surface area contributed by atoms with E-state index < -0.39 is 29.0 Å². The van der Waals surface area contributed by atoms with Crippen molar-refractivity contribution in [3.8, 4) is 0 Å². The zero-order valence-corrected chi connectivity index (χ0v) is 19.0. The Labute approximate surface area is 195 Å². The molecule has 0 saturated carbocycles. The summed E-state index contributed by atoms with van der Waals surface area (Å²) in [5.74, 6) is -1.20. The number of amides is 1. The van der Waals surface area contributed by atoms with Crippen molar-refractivity contribution in [1.82, 2.24) is 9.80 Å². The Morgan fingerprint density at radius 3 is 2.42 bits per heavy atom. The molecule has 1 amide bonds. The van der Waals surface area contributed by atoms with Crippen molar-refractivity contribution >= 4 is 23.2 Å². The molecule has 33 heavy (non-hydrogen) atoms. The standard InChI is InChI=1S/C24H26ClF4N3O/c1-15-3-5-19(10-22(15)25)30-7-2-8-31-11-16-13-32(14-17(16)12-31)23(33)20-6-4-18(26)9-21(20)24(27,28)29/h3-6,9-10,16-17,30H,2,7-8,11-14H2,1H3. The van der Waals surface area contributed by atoms with Crippen molar-refractivity contribution in [2.24, 2.45) is 11.8 Å². The van der Waals surface area contributed by atoms with E-state index in [1.165, 1.54) is 4.90 Å². The quantitative estimate of drug-likeness (QED) is 0.446. The summed E-state index contributed by atoms with van der Waals surface area (Å²) in [6.45, 7) is 6.16. The summed E-state index contributed by atoms with van der Waals surface area (Å²) in [5.41, 5.74) is 0.320. The summed E-state index contributed by atoms with van der Waals surface area (Å²) in [6.07, 6.45) is -3.84. The van der Waals surface area contributed by atoms with Crippen LogP contribution in [0, 0.1) is 24.6 Å². The topological polar surface area (TPSA) is 35.6 Å². The maximum Gasteiger partial charge on any atom is 0.417 e. The van der Waals surface area contributed by atoms with Gasteiger partial charge < -0.3 is 15.1 Å². The number of halogens is 5. The monoisotopic (exact) mass is 483 g/mol. The molecule has 2 heterocycles. The molecule has 0 radical (unpaired) electrons. The van der Waals surface area contributed by atoms with Gasteiger partial charge in [0.1, 0.15) is 5.82 Å². The Hall–Kier alpha value is -2.32. The lowest BCUT2D eigenvalue weighted by atomic mass is 10.0. The SMILES string of the molecule is Cc1ccc(NCCCN2CC3CN(C(=O)c4ccc(F)cc4C(F)(F)F)CC3C2)cc1Cl. The van der Waals surface area contributed by atoms with Crippen LogP contribution in [0.1, 0.15) is 27.9 Å². The number of carbonyl (C=O) groups excluding carboxylic acids is 1. The van der Waals surface area contributed by atoms with Gasteiger partial charge in [0.2, 0.25) is 0 Å². The van der Waals surface area contributed by atoms with Crippen LogP contribution in [0.4, 0.5) is 23.2 Å². The number of carbonyl (C=O) groups is 1. The summed E-state index contributed by atoms with van der Waals surface area (Å²) >= 11 is 6.15. The molecule has 0 aliphatic carbocycles. The first-order chi connectivity index (χ1) is 15.6. The van der Waals surface area contributed by atoms with Crippen LogP contribution in [0.2, 0.25) is 5.02 Å². The number of anilines is 1. The maximum absolute atomic E-state index is 13.4. The Bertz CT molecular complexity index is 1020. The highest BCUT2D eigenvalue weighted by Gasteiger charge is 2.43. The number of hydrogen-bond donors (Lipinski definition) is 1. The number of fused-ring (bicyclic) bond motifs is 1. The van der Waals surface area contributed by atoms with E-state index in [0.717, 1.165) is 61.0 Å². The first-order valence-corrected chi connectivity index (χ1v) is 11.4. The molecule has 178 valence electrons. The van der Waals surface area contributed by atoms with Crippen molar-refractivity contribution in [3.05, 3.63) is 63.9 Å². The lowest BCUT2D eigenvalue weighted by Gasteiger charge is -2.23. The van der Waals surface area contributed by atoms with Crippen LogP contribution in [0.5, 0.6) is 0 Å². The molecule has 0 spiro atoms. The number of benzene rings is 2. The van der Waals surface area contributed by atoms with Crippen LogP contribution in [0.15, 0.2) is 36.4 Å². The normalized spacial score (nSPS) is 20.8. The van der Waals surface area contributed by atoms with Crippen LogP contribution in [-0.2, 0) is 6.18 Å². The van der Waals surface area contributed by atoms with Crippen molar-refractivity contribution in [1.29, 1.82) is 0 Å². The third kappa shape index (κ3) is 5.44. The van der Waals surface area contributed by atoms with E-state index in [9.17, 15) is 22.4 Å². The van der Waals surface area contributed by atoms with Crippen LogP contribution < -0.4 is 5.32 Å². The first kappa shape index (κ1) is 23.8. The lowest BCUT2D eigenvalue weighted by molar-refractivity contribution is -0.138. The number of hydrogen-bond acceptors (Lipinski definition) is 3. The molecular formula is C24H26ClF4N3O. The zero-order valence-electron chi connectivity index (χ0n) is 18.3. The van der Waals surface area contributed by atoms with E-state index in [1.807, 2.05) is 25.1 Å². The Morgan fingerprint density at radius 1 is 1.09 bits per heavy atom. The van der Waals surface area contributed by atoms with Crippen LogP contribution in [0.3, 0.4) is 0 Å². The second-order valence-corrected chi connectivity index (χ2v) is 9.33. The van der Waals surface area contributed by atoms with Gasteiger partial charge in [-0.05, 0) is 67.6 Å². The molecule has 2 saturated heterocycles. The largest absolute Gasteiger partial charge is 0.417 e. The minimum Gasteiger partial charge on any atom is -0.385 e. The summed E-state index contributed by atoms with van der Waals surface area (Å²) in [6, 6.07) is 8.12. The van der Waals surface area contributed by atoms with Crippen molar-refractivity contribution in [2.75, 3.05) is 44.6 Å². The van der Waals surface area contributed by atoms with Gasteiger partial charge in [-0.25, -0.2) is 4.39 Å². The highest BCUT2D eigenvalue weighted by molar-refractivity contribution is 6.31. The summed E-state index contributed by atoms with van der Waals surface area (Å²) in [7, 11) is 0. The molecule has 2 aliphatic rings. The summed E-state index contributed by atoms with van der Waals surface area (Å²) in [4.78, 5) is 16.6. The van der Waals surface area contributed by atoms with E-state index in [2.05, 4.69) is 10.2 Å². The molecule has 2 aliphatic heterocycles.